The molecule has 0 saturated heterocycles. The van der Waals surface area contributed by atoms with Crippen molar-refractivity contribution in [1.29, 1.82) is 0 Å². The van der Waals surface area contributed by atoms with Gasteiger partial charge in [0.05, 0.1) is 5.69 Å². The summed E-state index contributed by atoms with van der Waals surface area (Å²) in [6.45, 7) is 9.28. The van der Waals surface area contributed by atoms with Crippen LogP contribution in [0.1, 0.15) is 50.1 Å². The van der Waals surface area contributed by atoms with Crippen LogP contribution < -0.4 is 5.32 Å². The maximum Gasteiger partial charge on any atom is 0.138 e. The van der Waals surface area contributed by atoms with Crippen LogP contribution in [0.4, 0.5) is 0 Å². The largest absolute Gasteiger partial charge is 0.361 e. The lowest BCUT2D eigenvalue weighted by atomic mass is 10.1. The van der Waals surface area contributed by atoms with E-state index in [9.17, 15) is 0 Å². The molecule has 1 aromatic heterocycles. The van der Waals surface area contributed by atoms with Gasteiger partial charge in [-0.2, -0.15) is 0 Å². The van der Waals surface area contributed by atoms with Crippen molar-refractivity contribution in [3.05, 3.63) is 17.0 Å². The molecule has 0 spiro atoms. The predicted octanol–water partition coefficient (Wildman–Crippen LogP) is 2.96. The predicted molar refractivity (Wildman–Crippen MR) is 61.8 cm³/mol. The molecule has 1 heterocycles. The zero-order valence-corrected chi connectivity index (χ0v) is 10.3. The van der Waals surface area contributed by atoms with Gasteiger partial charge in [0.1, 0.15) is 5.76 Å². The average Bonchev–Trinajstić information content (AvgIpc) is 2.53. The summed E-state index contributed by atoms with van der Waals surface area (Å²) in [7, 11) is 0. The van der Waals surface area contributed by atoms with Crippen LogP contribution in [0, 0.1) is 13.8 Å². The molecule has 0 bridgehead atoms. The smallest absolute Gasteiger partial charge is 0.138 e. The molecule has 0 radical (unpaired) electrons. The van der Waals surface area contributed by atoms with Gasteiger partial charge in [0.15, 0.2) is 0 Å². The van der Waals surface area contributed by atoms with Crippen molar-refractivity contribution in [2.45, 2.75) is 59.5 Å². The van der Waals surface area contributed by atoms with Crippen LogP contribution in [-0.2, 0) is 6.54 Å². The highest BCUT2D eigenvalue weighted by molar-refractivity contribution is 5.20. The van der Waals surface area contributed by atoms with Gasteiger partial charge in [-0.25, -0.2) is 0 Å². The van der Waals surface area contributed by atoms with Gasteiger partial charge < -0.3 is 9.84 Å². The van der Waals surface area contributed by atoms with Gasteiger partial charge in [0.25, 0.3) is 0 Å². The van der Waals surface area contributed by atoms with Crippen molar-refractivity contribution in [1.82, 2.24) is 10.5 Å². The van der Waals surface area contributed by atoms with Crippen LogP contribution in [0.5, 0.6) is 0 Å². The Bertz CT molecular complexity index is 274. The zero-order chi connectivity index (χ0) is 11.3. The van der Waals surface area contributed by atoms with E-state index in [-0.39, 0.29) is 0 Å². The number of rotatable bonds is 6. The van der Waals surface area contributed by atoms with Crippen LogP contribution in [0.15, 0.2) is 4.52 Å². The molecule has 1 atom stereocenters. The Labute approximate surface area is 92.2 Å². The van der Waals surface area contributed by atoms with E-state index in [1.807, 2.05) is 13.8 Å². The highest BCUT2D eigenvalue weighted by Crippen LogP contribution is 2.12. The lowest BCUT2D eigenvalue weighted by Crippen LogP contribution is -2.25. The maximum absolute atomic E-state index is 5.12. The first-order chi connectivity index (χ1) is 7.15. The molecule has 0 amide bonds. The normalized spacial score (nSPS) is 13.1. The molecule has 1 unspecified atom stereocenters. The molecule has 3 nitrogen and oxygen atoms in total. The maximum atomic E-state index is 5.12. The van der Waals surface area contributed by atoms with E-state index in [2.05, 4.69) is 24.3 Å². The Balaban J connectivity index is 2.36. The number of hydrogen-bond donors (Lipinski definition) is 1. The second-order valence-electron chi connectivity index (χ2n) is 4.23. The van der Waals surface area contributed by atoms with Gasteiger partial charge in [0, 0.05) is 18.2 Å². The average molecular weight is 210 g/mol. The number of unbranched alkanes of at least 4 members (excludes halogenated alkanes) is 1. The number of nitrogens with zero attached hydrogens (tertiary/aromatic N) is 1. The summed E-state index contributed by atoms with van der Waals surface area (Å²) >= 11 is 0. The molecule has 0 saturated carbocycles. The number of aromatic nitrogens is 1. The van der Waals surface area contributed by atoms with E-state index in [0.717, 1.165) is 18.0 Å². The molecular weight excluding hydrogens is 188 g/mol. The van der Waals surface area contributed by atoms with Crippen molar-refractivity contribution in [2.24, 2.45) is 0 Å². The van der Waals surface area contributed by atoms with Gasteiger partial charge >= 0.3 is 0 Å². The minimum Gasteiger partial charge on any atom is -0.361 e. The third kappa shape index (κ3) is 3.67. The van der Waals surface area contributed by atoms with Crippen molar-refractivity contribution in [2.75, 3.05) is 0 Å². The Morgan fingerprint density at radius 3 is 2.67 bits per heavy atom. The Kier molecular flexibility index (Phi) is 4.82. The highest BCUT2D eigenvalue weighted by Gasteiger charge is 2.09. The lowest BCUT2D eigenvalue weighted by molar-refractivity contribution is 0.391. The summed E-state index contributed by atoms with van der Waals surface area (Å²) < 4.78 is 5.12. The molecule has 1 rings (SSSR count). The third-order valence-corrected chi connectivity index (χ3v) is 2.80. The summed E-state index contributed by atoms with van der Waals surface area (Å²) in [5, 5.41) is 7.44. The summed E-state index contributed by atoms with van der Waals surface area (Å²) in [5.41, 5.74) is 2.21. The quantitative estimate of drug-likeness (QED) is 0.784. The summed E-state index contributed by atoms with van der Waals surface area (Å²) in [6.07, 6.45) is 3.78. The van der Waals surface area contributed by atoms with E-state index in [1.54, 1.807) is 0 Å². The van der Waals surface area contributed by atoms with Crippen molar-refractivity contribution in [3.8, 4) is 0 Å². The van der Waals surface area contributed by atoms with E-state index in [0.29, 0.717) is 6.04 Å². The standard InChI is InChI=1S/C12H22N2O/c1-5-6-7-9(2)13-8-12-10(3)14-15-11(12)4/h9,13H,5-8H2,1-4H3. The van der Waals surface area contributed by atoms with Gasteiger partial charge in [-0.3, -0.25) is 0 Å². The fourth-order valence-electron chi connectivity index (χ4n) is 1.64. The van der Waals surface area contributed by atoms with Crippen LogP contribution in [-0.4, -0.2) is 11.2 Å². The van der Waals surface area contributed by atoms with Crippen LogP contribution in [0.25, 0.3) is 0 Å². The SMILES string of the molecule is CCCCC(C)NCc1c(C)noc1C. The van der Waals surface area contributed by atoms with Gasteiger partial charge in [-0.15, -0.1) is 0 Å². The molecule has 0 aliphatic heterocycles. The molecule has 0 aliphatic carbocycles. The lowest BCUT2D eigenvalue weighted by Gasteiger charge is -2.12. The monoisotopic (exact) mass is 210 g/mol. The number of aryl methyl sites for hydroxylation is 2. The second kappa shape index (κ2) is 5.91. The molecule has 0 fully saturated rings. The molecule has 3 heteroatoms. The molecule has 15 heavy (non-hydrogen) atoms. The fourth-order valence-corrected chi connectivity index (χ4v) is 1.64. The Morgan fingerprint density at radius 2 is 2.13 bits per heavy atom. The fraction of sp³-hybridized carbons (Fsp3) is 0.750. The first-order valence-corrected chi connectivity index (χ1v) is 5.80. The molecule has 1 aromatic rings. The minimum absolute atomic E-state index is 0.568. The van der Waals surface area contributed by atoms with Crippen LogP contribution in [0.2, 0.25) is 0 Å². The summed E-state index contributed by atoms with van der Waals surface area (Å²) in [5.74, 6) is 0.933. The molecule has 1 N–H and O–H groups in total. The van der Waals surface area contributed by atoms with Crippen molar-refractivity contribution >= 4 is 0 Å². The van der Waals surface area contributed by atoms with Gasteiger partial charge in [-0.1, -0.05) is 24.9 Å². The molecule has 0 aliphatic rings. The van der Waals surface area contributed by atoms with Gasteiger partial charge in [-0.05, 0) is 27.2 Å². The van der Waals surface area contributed by atoms with E-state index >= 15 is 0 Å². The van der Waals surface area contributed by atoms with E-state index in [4.69, 9.17) is 4.52 Å². The zero-order valence-electron chi connectivity index (χ0n) is 10.3. The first kappa shape index (κ1) is 12.2. The first-order valence-electron chi connectivity index (χ1n) is 5.80. The number of nitrogens with one attached hydrogen (secondary N) is 1. The molecule has 0 aromatic carbocycles. The molecule has 86 valence electrons. The van der Waals surface area contributed by atoms with Gasteiger partial charge in [0.2, 0.25) is 0 Å². The molecular formula is C12H22N2O. The Morgan fingerprint density at radius 1 is 1.40 bits per heavy atom. The van der Waals surface area contributed by atoms with E-state index in [1.165, 1.54) is 24.8 Å². The third-order valence-electron chi connectivity index (χ3n) is 2.80. The summed E-state index contributed by atoms with van der Waals surface area (Å²) in [4.78, 5) is 0. The Hall–Kier alpha value is -0.830. The highest BCUT2D eigenvalue weighted by atomic mass is 16.5. The van der Waals surface area contributed by atoms with Crippen molar-refractivity contribution in [3.63, 3.8) is 0 Å². The van der Waals surface area contributed by atoms with Crippen molar-refractivity contribution < 1.29 is 4.52 Å². The minimum atomic E-state index is 0.568. The van der Waals surface area contributed by atoms with Crippen LogP contribution in [0.3, 0.4) is 0 Å². The van der Waals surface area contributed by atoms with Crippen LogP contribution >= 0.6 is 0 Å². The van der Waals surface area contributed by atoms with E-state index < -0.39 is 0 Å². The second-order valence-corrected chi connectivity index (χ2v) is 4.23. The number of hydrogen-bond acceptors (Lipinski definition) is 3. The topological polar surface area (TPSA) is 38.1 Å². The summed E-state index contributed by atoms with van der Waals surface area (Å²) in [6, 6.07) is 0.568.